The van der Waals surface area contributed by atoms with Crippen LogP contribution in [-0.4, -0.2) is 24.7 Å². The fraction of sp³-hybridized carbons (Fsp3) is 0.769. The van der Waals surface area contributed by atoms with Crippen LogP contribution in [0, 0.1) is 30.6 Å². The second-order valence-electron chi connectivity index (χ2n) is 6.47. The summed E-state index contributed by atoms with van der Waals surface area (Å²) in [5.41, 5.74) is 6.95. The summed E-state index contributed by atoms with van der Waals surface area (Å²) in [5, 5.41) is 6.73. The van der Waals surface area contributed by atoms with Crippen molar-refractivity contribution in [3.05, 3.63) is 11.3 Å². The molecular formula is C13H20N4O2S. The van der Waals surface area contributed by atoms with Crippen molar-refractivity contribution in [2.24, 2.45) is 29.4 Å². The Balaban J connectivity index is 1.57. The maximum Gasteiger partial charge on any atom is 0.260 e. The minimum absolute atomic E-state index is 0.0785. The van der Waals surface area contributed by atoms with Gasteiger partial charge in [0, 0.05) is 23.8 Å². The Labute approximate surface area is 118 Å². The zero-order valence-corrected chi connectivity index (χ0v) is 12.3. The summed E-state index contributed by atoms with van der Waals surface area (Å²) in [6, 6.07) is 0.133. The van der Waals surface area contributed by atoms with Gasteiger partial charge in [-0.2, -0.15) is 5.10 Å². The monoisotopic (exact) mass is 296 g/mol. The molecule has 3 fully saturated rings. The summed E-state index contributed by atoms with van der Waals surface area (Å²) in [4.78, 5) is 0. The van der Waals surface area contributed by atoms with Gasteiger partial charge in [0.15, 0.2) is 5.03 Å². The van der Waals surface area contributed by atoms with Crippen molar-refractivity contribution in [1.82, 2.24) is 14.9 Å². The van der Waals surface area contributed by atoms with E-state index in [0.717, 1.165) is 17.5 Å². The highest BCUT2D eigenvalue weighted by atomic mass is 32.2. The SMILES string of the molecule is Cc1[nH]nc(S(=O)(=O)NC2C3C4CCC(C4)C23)c1CN. The van der Waals surface area contributed by atoms with Gasteiger partial charge in [-0.1, -0.05) is 0 Å². The van der Waals surface area contributed by atoms with E-state index in [2.05, 4.69) is 14.9 Å². The summed E-state index contributed by atoms with van der Waals surface area (Å²) in [6.07, 6.45) is 3.86. The molecule has 3 aliphatic rings. The number of nitrogens with zero attached hydrogens (tertiary/aromatic N) is 1. The average molecular weight is 296 g/mol. The molecule has 0 aromatic carbocycles. The number of nitrogens with two attached hydrogens (primary N) is 1. The molecule has 6 nitrogen and oxygen atoms in total. The third-order valence-corrected chi connectivity index (χ3v) is 6.95. The van der Waals surface area contributed by atoms with E-state index >= 15 is 0 Å². The van der Waals surface area contributed by atoms with E-state index in [1.165, 1.54) is 19.3 Å². The van der Waals surface area contributed by atoms with Crippen LogP contribution in [0.15, 0.2) is 5.03 Å². The molecule has 110 valence electrons. The lowest BCUT2D eigenvalue weighted by Crippen LogP contribution is -2.31. The van der Waals surface area contributed by atoms with Gasteiger partial charge in [0.1, 0.15) is 0 Å². The van der Waals surface area contributed by atoms with E-state index < -0.39 is 10.0 Å². The molecule has 0 saturated heterocycles. The Morgan fingerprint density at radius 2 is 2.00 bits per heavy atom. The van der Waals surface area contributed by atoms with Crippen molar-refractivity contribution in [3.8, 4) is 0 Å². The first kappa shape index (κ1) is 12.8. The lowest BCUT2D eigenvalue weighted by atomic mass is 10.0. The van der Waals surface area contributed by atoms with Crippen LogP contribution < -0.4 is 10.5 Å². The van der Waals surface area contributed by atoms with Crippen LogP contribution in [0.4, 0.5) is 0 Å². The number of aromatic nitrogens is 2. The number of hydrogen-bond donors (Lipinski definition) is 3. The van der Waals surface area contributed by atoms with Crippen LogP contribution in [0.25, 0.3) is 0 Å². The number of aromatic amines is 1. The third kappa shape index (κ3) is 1.63. The van der Waals surface area contributed by atoms with Crippen LogP contribution in [-0.2, 0) is 16.6 Å². The molecule has 0 spiro atoms. The summed E-state index contributed by atoms with van der Waals surface area (Å²) in [7, 11) is -3.55. The maximum atomic E-state index is 12.5. The zero-order valence-electron chi connectivity index (χ0n) is 11.5. The van der Waals surface area contributed by atoms with Crippen molar-refractivity contribution in [3.63, 3.8) is 0 Å². The molecular weight excluding hydrogens is 276 g/mol. The van der Waals surface area contributed by atoms with Crippen molar-refractivity contribution in [2.45, 2.75) is 43.8 Å². The lowest BCUT2D eigenvalue weighted by molar-refractivity contribution is 0.456. The molecule has 1 heterocycles. The number of rotatable bonds is 4. The lowest BCUT2D eigenvalue weighted by Gasteiger charge is -2.10. The first-order chi connectivity index (χ1) is 9.53. The van der Waals surface area contributed by atoms with Crippen molar-refractivity contribution in [1.29, 1.82) is 0 Å². The summed E-state index contributed by atoms with van der Waals surface area (Å²) in [5.74, 6) is 2.63. The Hall–Kier alpha value is -0.920. The van der Waals surface area contributed by atoms with Gasteiger partial charge < -0.3 is 5.73 Å². The van der Waals surface area contributed by atoms with E-state index in [0.29, 0.717) is 17.4 Å². The number of fused-ring (bicyclic) bond motifs is 5. The molecule has 3 aliphatic carbocycles. The highest BCUT2D eigenvalue weighted by molar-refractivity contribution is 7.89. The molecule has 4 atom stereocenters. The summed E-state index contributed by atoms with van der Waals surface area (Å²) in [6.45, 7) is 1.97. The molecule has 1 aromatic rings. The van der Waals surface area contributed by atoms with E-state index in [4.69, 9.17) is 5.73 Å². The molecule has 7 heteroatoms. The predicted molar refractivity (Wildman–Crippen MR) is 73.1 cm³/mol. The van der Waals surface area contributed by atoms with Gasteiger partial charge >= 0.3 is 0 Å². The molecule has 4 N–H and O–H groups in total. The van der Waals surface area contributed by atoms with Crippen molar-refractivity contribution < 1.29 is 8.42 Å². The fourth-order valence-electron chi connectivity index (χ4n) is 4.61. The van der Waals surface area contributed by atoms with Crippen molar-refractivity contribution >= 4 is 10.0 Å². The quantitative estimate of drug-likeness (QED) is 0.753. The van der Waals surface area contributed by atoms with Gasteiger partial charge in [-0.05, 0) is 49.9 Å². The molecule has 0 radical (unpaired) electrons. The van der Waals surface area contributed by atoms with Gasteiger partial charge in [-0.15, -0.1) is 0 Å². The van der Waals surface area contributed by atoms with Crippen molar-refractivity contribution in [2.75, 3.05) is 0 Å². The minimum Gasteiger partial charge on any atom is -0.326 e. The second kappa shape index (κ2) is 4.05. The Kier molecular flexibility index (Phi) is 2.59. The number of sulfonamides is 1. The standard InChI is InChI=1S/C13H20N4O2S/c1-6-9(5-14)13(16-15-6)20(18,19)17-12-10-7-2-3-8(4-7)11(10)12/h7-8,10-12,17H,2-5,14H2,1H3,(H,15,16). The first-order valence-electron chi connectivity index (χ1n) is 7.29. The summed E-state index contributed by atoms with van der Waals surface area (Å²) >= 11 is 0. The van der Waals surface area contributed by atoms with Gasteiger partial charge in [-0.25, -0.2) is 13.1 Å². The molecule has 1 aromatic heterocycles. The fourth-order valence-corrected chi connectivity index (χ4v) is 6.12. The molecule has 0 aliphatic heterocycles. The Morgan fingerprint density at radius 3 is 2.60 bits per heavy atom. The van der Waals surface area contributed by atoms with Gasteiger partial charge in [0.25, 0.3) is 10.0 Å². The maximum absolute atomic E-state index is 12.5. The topological polar surface area (TPSA) is 101 Å². The predicted octanol–water partition coefficient (Wildman–Crippen LogP) is 0.500. The Bertz CT molecular complexity index is 637. The molecule has 20 heavy (non-hydrogen) atoms. The third-order valence-electron chi connectivity index (χ3n) is 5.52. The van der Waals surface area contributed by atoms with Crippen LogP contribution >= 0.6 is 0 Å². The van der Waals surface area contributed by atoms with Gasteiger partial charge in [0.2, 0.25) is 0 Å². The van der Waals surface area contributed by atoms with Gasteiger partial charge in [-0.3, -0.25) is 5.10 Å². The minimum atomic E-state index is -3.55. The van der Waals surface area contributed by atoms with E-state index in [1.54, 1.807) is 6.92 Å². The van der Waals surface area contributed by atoms with E-state index in [-0.39, 0.29) is 17.6 Å². The smallest absolute Gasteiger partial charge is 0.260 e. The normalized spacial score (nSPS) is 38.2. The number of hydrogen-bond acceptors (Lipinski definition) is 4. The molecule has 2 bridgehead atoms. The van der Waals surface area contributed by atoms with Crippen LogP contribution in [0.5, 0.6) is 0 Å². The number of nitrogens with one attached hydrogen (secondary N) is 2. The first-order valence-corrected chi connectivity index (χ1v) is 8.77. The average Bonchev–Trinajstić information content (AvgIpc) is 2.81. The number of H-pyrrole nitrogens is 1. The zero-order chi connectivity index (χ0) is 14.1. The van der Waals surface area contributed by atoms with E-state index in [1.807, 2.05) is 0 Å². The highest BCUT2D eigenvalue weighted by Gasteiger charge is 2.65. The van der Waals surface area contributed by atoms with E-state index in [9.17, 15) is 8.42 Å². The highest BCUT2D eigenvalue weighted by Crippen LogP contribution is 2.65. The molecule has 4 unspecified atom stereocenters. The second-order valence-corrected chi connectivity index (χ2v) is 8.10. The Morgan fingerprint density at radius 1 is 1.35 bits per heavy atom. The largest absolute Gasteiger partial charge is 0.326 e. The molecule has 3 saturated carbocycles. The summed E-state index contributed by atoms with van der Waals surface area (Å²) < 4.78 is 27.9. The van der Waals surface area contributed by atoms with Crippen LogP contribution in [0.3, 0.4) is 0 Å². The van der Waals surface area contributed by atoms with Gasteiger partial charge in [0.05, 0.1) is 0 Å². The number of aryl methyl sites for hydroxylation is 1. The molecule has 4 rings (SSSR count). The molecule has 0 amide bonds. The van der Waals surface area contributed by atoms with Crippen LogP contribution in [0.1, 0.15) is 30.5 Å². The van der Waals surface area contributed by atoms with Crippen LogP contribution in [0.2, 0.25) is 0 Å².